The molecule has 5 nitrogen and oxygen atoms in total. The number of hydrogen-bond acceptors (Lipinski definition) is 4. The van der Waals surface area contributed by atoms with Crippen LogP contribution in [0.3, 0.4) is 0 Å². The summed E-state index contributed by atoms with van der Waals surface area (Å²) in [5, 5.41) is 3.26. The predicted molar refractivity (Wildman–Crippen MR) is 109 cm³/mol. The van der Waals surface area contributed by atoms with Gasteiger partial charge in [-0.05, 0) is 61.0 Å². The minimum Gasteiger partial charge on any atom is -0.497 e. The van der Waals surface area contributed by atoms with Gasteiger partial charge in [-0.15, -0.1) is 0 Å². The number of aromatic nitrogens is 3. The van der Waals surface area contributed by atoms with E-state index in [9.17, 15) is 4.39 Å². The molecule has 0 aliphatic carbocycles. The molecule has 0 spiro atoms. The molecule has 28 heavy (non-hydrogen) atoms. The third-order valence-corrected chi connectivity index (χ3v) is 4.54. The van der Waals surface area contributed by atoms with Gasteiger partial charge in [0.05, 0.1) is 18.1 Å². The average Bonchev–Trinajstić information content (AvgIpc) is 3.07. The molecule has 0 unspecified atom stereocenters. The largest absolute Gasteiger partial charge is 0.497 e. The smallest absolute Gasteiger partial charge is 0.142 e. The summed E-state index contributed by atoms with van der Waals surface area (Å²) in [6.07, 6.45) is 2.72. The number of rotatable bonds is 6. The van der Waals surface area contributed by atoms with Gasteiger partial charge in [-0.3, -0.25) is 0 Å². The van der Waals surface area contributed by atoms with Gasteiger partial charge in [0, 0.05) is 24.0 Å². The molecule has 0 saturated heterocycles. The first-order valence-corrected chi connectivity index (χ1v) is 9.21. The summed E-state index contributed by atoms with van der Waals surface area (Å²) in [7, 11) is 1.64. The Kier molecular flexibility index (Phi) is 4.93. The van der Waals surface area contributed by atoms with E-state index in [1.54, 1.807) is 19.4 Å². The van der Waals surface area contributed by atoms with E-state index < -0.39 is 0 Å². The van der Waals surface area contributed by atoms with E-state index in [4.69, 9.17) is 9.72 Å². The van der Waals surface area contributed by atoms with Crippen molar-refractivity contribution in [2.45, 2.75) is 19.9 Å². The monoisotopic (exact) mass is 376 g/mol. The lowest BCUT2D eigenvalue weighted by Gasteiger charge is -2.09. The quantitative estimate of drug-likeness (QED) is 0.489. The van der Waals surface area contributed by atoms with Crippen LogP contribution in [-0.4, -0.2) is 21.6 Å². The first kappa shape index (κ1) is 18.0. The maximum Gasteiger partial charge on any atom is 0.142 e. The van der Waals surface area contributed by atoms with Gasteiger partial charge in [-0.25, -0.2) is 14.4 Å². The molecule has 0 saturated carbocycles. The van der Waals surface area contributed by atoms with Crippen LogP contribution >= 0.6 is 0 Å². The van der Waals surface area contributed by atoms with Crippen molar-refractivity contribution >= 4 is 22.5 Å². The summed E-state index contributed by atoms with van der Waals surface area (Å²) in [6.45, 7) is 2.86. The van der Waals surface area contributed by atoms with Gasteiger partial charge < -0.3 is 14.6 Å². The van der Waals surface area contributed by atoms with E-state index in [0.29, 0.717) is 0 Å². The van der Waals surface area contributed by atoms with Gasteiger partial charge in [0.25, 0.3) is 0 Å². The highest BCUT2D eigenvalue weighted by atomic mass is 19.1. The van der Waals surface area contributed by atoms with Gasteiger partial charge in [-0.1, -0.05) is 6.92 Å². The molecule has 1 N–H and O–H groups in total. The van der Waals surface area contributed by atoms with E-state index in [1.165, 1.54) is 12.1 Å². The fraction of sp³-hybridized carbons (Fsp3) is 0.182. The molecule has 6 heteroatoms. The molecule has 2 heterocycles. The van der Waals surface area contributed by atoms with Crippen molar-refractivity contribution in [2.75, 3.05) is 12.4 Å². The minimum atomic E-state index is -0.256. The van der Waals surface area contributed by atoms with Crippen molar-refractivity contribution in [3.63, 3.8) is 0 Å². The zero-order valence-electron chi connectivity index (χ0n) is 15.8. The second kappa shape index (κ2) is 7.68. The van der Waals surface area contributed by atoms with Crippen LogP contribution in [0.4, 0.5) is 15.9 Å². The molecule has 2 aromatic heterocycles. The number of anilines is 2. The van der Waals surface area contributed by atoms with Crippen LogP contribution in [0.25, 0.3) is 22.4 Å². The number of methoxy groups -OCH3 is 1. The molecule has 142 valence electrons. The summed E-state index contributed by atoms with van der Waals surface area (Å²) in [4.78, 5) is 9.21. The van der Waals surface area contributed by atoms with Gasteiger partial charge in [0.1, 0.15) is 23.2 Å². The summed E-state index contributed by atoms with van der Waals surface area (Å²) >= 11 is 0. The number of pyridine rings is 1. The topological polar surface area (TPSA) is 52.0 Å². The van der Waals surface area contributed by atoms with Crippen LogP contribution in [-0.2, 0) is 6.54 Å². The molecule has 0 aliphatic heterocycles. The number of fused-ring (bicyclic) bond motifs is 1. The molecule has 4 aromatic rings. The Morgan fingerprint density at radius 2 is 1.89 bits per heavy atom. The number of halogens is 1. The van der Waals surface area contributed by atoms with Crippen molar-refractivity contribution in [3.05, 3.63) is 66.6 Å². The fourth-order valence-electron chi connectivity index (χ4n) is 3.19. The highest BCUT2D eigenvalue weighted by Gasteiger charge is 2.13. The second-order valence-corrected chi connectivity index (χ2v) is 6.51. The molecule has 2 aromatic carbocycles. The van der Waals surface area contributed by atoms with Crippen molar-refractivity contribution in [1.29, 1.82) is 0 Å². The molecule has 0 amide bonds. The number of nitrogens with one attached hydrogen (secondary N) is 1. The van der Waals surface area contributed by atoms with Crippen molar-refractivity contribution in [3.8, 4) is 17.1 Å². The number of imidazole rings is 1. The Morgan fingerprint density at radius 3 is 2.57 bits per heavy atom. The van der Waals surface area contributed by atoms with Crippen LogP contribution in [0.2, 0.25) is 0 Å². The van der Waals surface area contributed by atoms with Crippen LogP contribution in [0, 0.1) is 5.82 Å². The molecular formula is C22H21FN4O. The van der Waals surface area contributed by atoms with E-state index >= 15 is 0 Å². The molecule has 0 atom stereocenters. The third kappa shape index (κ3) is 3.53. The average molecular weight is 376 g/mol. The zero-order chi connectivity index (χ0) is 19.5. The summed E-state index contributed by atoms with van der Waals surface area (Å²) in [5.41, 5.74) is 3.41. The lowest BCUT2D eigenvalue weighted by molar-refractivity contribution is 0.415. The van der Waals surface area contributed by atoms with Gasteiger partial charge in [0.2, 0.25) is 0 Å². The summed E-state index contributed by atoms with van der Waals surface area (Å²) in [5.74, 6) is 2.08. The van der Waals surface area contributed by atoms with E-state index in [2.05, 4.69) is 17.2 Å². The number of nitrogens with zero attached hydrogens (tertiary/aromatic N) is 3. The number of benzene rings is 2. The highest BCUT2D eigenvalue weighted by molar-refractivity contribution is 5.80. The Labute approximate surface area is 162 Å². The van der Waals surface area contributed by atoms with E-state index in [1.807, 2.05) is 41.0 Å². The lowest BCUT2D eigenvalue weighted by atomic mass is 10.2. The van der Waals surface area contributed by atoms with E-state index in [-0.39, 0.29) is 5.82 Å². The van der Waals surface area contributed by atoms with Crippen LogP contribution in [0.5, 0.6) is 5.75 Å². The zero-order valence-corrected chi connectivity index (χ0v) is 15.8. The van der Waals surface area contributed by atoms with Gasteiger partial charge >= 0.3 is 0 Å². The molecular weight excluding hydrogens is 355 g/mol. The van der Waals surface area contributed by atoms with Crippen molar-refractivity contribution in [1.82, 2.24) is 14.5 Å². The minimum absolute atomic E-state index is 0.256. The standard InChI is InChI=1S/C22H21FN4O/c1-3-12-27-20-13-16(23)5-10-19(20)26-22(27)15-4-11-21(24-14-15)25-17-6-8-18(28-2)9-7-17/h4-11,13-14H,3,12H2,1-2H3,(H,24,25). The molecule has 4 rings (SSSR count). The third-order valence-electron chi connectivity index (χ3n) is 4.54. The first-order valence-electron chi connectivity index (χ1n) is 9.21. The van der Waals surface area contributed by atoms with Crippen molar-refractivity contribution in [2.24, 2.45) is 0 Å². The number of hydrogen-bond donors (Lipinski definition) is 1. The maximum absolute atomic E-state index is 13.7. The fourth-order valence-corrected chi connectivity index (χ4v) is 3.19. The van der Waals surface area contributed by atoms with E-state index in [0.717, 1.165) is 52.6 Å². The molecule has 0 fully saturated rings. The maximum atomic E-state index is 13.7. The van der Waals surface area contributed by atoms with Crippen molar-refractivity contribution < 1.29 is 9.13 Å². The van der Waals surface area contributed by atoms with Crippen LogP contribution < -0.4 is 10.1 Å². The summed E-state index contributed by atoms with van der Waals surface area (Å²) < 4.78 is 20.9. The van der Waals surface area contributed by atoms with Gasteiger partial charge in [0.15, 0.2) is 0 Å². The Balaban J connectivity index is 1.63. The first-order chi connectivity index (χ1) is 13.7. The molecule has 0 bridgehead atoms. The highest BCUT2D eigenvalue weighted by Crippen LogP contribution is 2.27. The Morgan fingerprint density at radius 1 is 1.07 bits per heavy atom. The Hall–Kier alpha value is -3.41. The number of ether oxygens (including phenoxy) is 1. The van der Waals surface area contributed by atoms with Gasteiger partial charge in [-0.2, -0.15) is 0 Å². The molecule has 0 aliphatic rings. The molecule has 0 radical (unpaired) electrons. The lowest BCUT2D eigenvalue weighted by Crippen LogP contribution is -2.01. The predicted octanol–water partition coefficient (Wildman–Crippen LogP) is 5.40. The Bertz CT molecular complexity index is 1090. The summed E-state index contributed by atoms with van der Waals surface area (Å²) in [6, 6.07) is 16.2. The number of aryl methyl sites for hydroxylation is 1. The SMILES string of the molecule is CCCn1c(-c2ccc(Nc3ccc(OC)cc3)nc2)nc2ccc(F)cc21. The second-order valence-electron chi connectivity index (χ2n) is 6.51. The van der Waals surface area contributed by atoms with Crippen LogP contribution in [0.15, 0.2) is 60.8 Å². The van der Waals surface area contributed by atoms with Crippen LogP contribution in [0.1, 0.15) is 13.3 Å². The normalized spacial score (nSPS) is 11.0.